The summed E-state index contributed by atoms with van der Waals surface area (Å²) in [4.78, 5) is 13.2. The van der Waals surface area contributed by atoms with Gasteiger partial charge in [0.25, 0.3) is 10.1 Å². The van der Waals surface area contributed by atoms with Crippen molar-refractivity contribution in [3.8, 4) is 0 Å². The lowest BCUT2D eigenvalue weighted by Gasteiger charge is -2.18. The van der Waals surface area contributed by atoms with E-state index in [0.29, 0.717) is 28.4 Å². The highest BCUT2D eigenvalue weighted by atomic mass is 32.2. The largest absolute Gasteiger partial charge is 0.377 e. The zero-order chi connectivity index (χ0) is 15.8. The third-order valence-corrected chi connectivity index (χ3v) is 4.28. The van der Waals surface area contributed by atoms with Crippen molar-refractivity contribution >= 4 is 32.4 Å². The summed E-state index contributed by atoms with van der Waals surface area (Å²) in [6.45, 7) is 1.77. The number of fused-ring (bicyclic) bond motifs is 1. The van der Waals surface area contributed by atoms with E-state index in [-0.39, 0.29) is 10.7 Å². The highest BCUT2D eigenvalue weighted by Crippen LogP contribution is 2.32. The smallest absolute Gasteiger partial charge is 0.297 e. The second-order valence-corrected chi connectivity index (χ2v) is 6.35. The van der Waals surface area contributed by atoms with Gasteiger partial charge in [0, 0.05) is 31.5 Å². The molecule has 2 aromatic rings. The summed E-state index contributed by atoms with van der Waals surface area (Å²) < 4.78 is 32.9. The monoisotopic (exact) mass is 307 g/mol. The van der Waals surface area contributed by atoms with E-state index < -0.39 is 10.1 Å². The molecular formula is C15H17NO4S. The van der Waals surface area contributed by atoms with Crippen molar-refractivity contribution in [3.63, 3.8) is 0 Å². The van der Waals surface area contributed by atoms with Gasteiger partial charge in [-0.05, 0) is 17.5 Å². The third kappa shape index (κ3) is 2.91. The molecule has 0 saturated heterocycles. The van der Waals surface area contributed by atoms with E-state index in [2.05, 4.69) is 0 Å². The number of rotatable bonds is 4. The van der Waals surface area contributed by atoms with Crippen LogP contribution in [0.3, 0.4) is 0 Å². The first-order valence-corrected chi connectivity index (χ1v) is 7.94. The van der Waals surface area contributed by atoms with Crippen LogP contribution < -0.4 is 4.90 Å². The van der Waals surface area contributed by atoms with E-state index in [1.807, 2.05) is 0 Å². The van der Waals surface area contributed by atoms with Crippen LogP contribution in [0.25, 0.3) is 10.8 Å². The summed E-state index contributed by atoms with van der Waals surface area (Å²) in [5, 5.41) is 1.00. The fourth-order valence-electron chi connectivity index (χ4n) is 2.29. The van der Waals surface area contributed by atoms with Crippen LogP contribution >= 0.6 is 0 Å². The molecule has 5 nitrogen and oxygen atoms in total. The zero-order valence-corrected chi connectivity index (χ0v) is 12.9. The number of Topliss-reactive ketones (excluding diaryl/α,β-unsaturated/α-hetero) is 1. The molecule has 0 aliphatic rings. The highest BCUT2D eigenvalue weighted by molar-refractivity contribution is 7.86. The van der Waals surface area contributed by atoms with E-state index in [1.54, 1.807) is 56.3 Å². The van der Waals surface area contributed by atoms with Gasteiger partial charge in [-0.2, -0.15) is 8.42 Å². The predicted molar refractivity (Wildman–Crippen MR) is 82.7 cm³/mol. The molecule has 0 heterocycles. The predicted octanol–water partition coefficient (Wildman–Crippen LogP) is 2.75. The molecule has 0 aromatic heterocycles. The van der Waals surface area contributed by atoms with Crippen molar-refractivity contribution in [2.75, 3.05) is 19.0 Å². The summed E-state index contributed by atoms with van der Waals surface area (Å²) in [5.41, 5.74) is 0.934. The second kappa shape index (κ2) is 5.46. The summed E-state index contributed by atoms with van der Waals surface area (Å²) in [6.07, 6.45) is 0.381. The van der Waals surface area contributed by atoms with Crippen molar-refractivity contribution in [1.82, 2.24) is 0 Å². The van der Waals surface area contributed by atoms with Gasteiger partial charge in [-0.25, -0.2) is 0 Å². The van der Waals surface area contributed by atoms with Crippen molar-refractivity contribution in [2.45, 2.75) is 18.2 Å². The van der Waals surface area contributed by atoms with E-state index >= 15 is 0 Å². The Morgan fingerprint density at radius 2 is 1.86 bits per heavy atom. The number of carbonyl (C=O) groups is 1. The van der Waals surface area contributed by atoms with Gasteiger partial charge in [0.2, 0.25) is 0 Å². The number of nitrogens with zero attached hydrogens (tertiary/aromatic N) is 1. The van der Waals surface area contributed by atoms with Crippen LogP contribution in [0.5, 0.6) is 0 Å². The quantitative estimate of drug-likeness (QED) is 0.694. The molecule has 0 saturated carbocycles. The molecule has 2 aromatic carbocycles. The number of carbonyl (C=O) groups excluding carboxylic acids is 1. The average Bonchev–Trinajstić information content (AvgIpc) is 2.43. The summed E-state index contributed by atoms with van der Waals surface area (Å²) >= 11 is 0. The van der Waals surface area contributed by atoms with Crippen molar-refractivity contribution in [1.29, 1.82) is 0 Å². The van der Waals surface area contributed by atoms with Crippen LogP contribution in [0, 0.1) is 0 Å². The molecule has 0 fully saturated rings. The van der Waals surface area contributed by atoms with E-state index in [0.717, 1.165) is 0 Å². The van der Waals surface area contributed by atoms with Gasteiger partial charge in [-0.15, -0.1) is 0 Å². The first kappa shape index (κ1) is 15.5. The fraction of sp³-hybridized carbons (Fsp3) is 0.267. The molecule has 112 valence electrons. The molecule has 0 aliphatic carbocycles. The number of anilines is 1. The molecule has 0 bridgehead atoms. The van der Waals surface area contributed by atoms with E-state index in [1.165, 1.54) is 0 Å². The molecule has 0 atom stereocenters. The normalized spacial score (nSPS) is 11.6. The van der Waals surface area contributed by atoms with Gasteiger partial charge >= 0.3 is 0 Å². The van der Waals surface area contributed by atoms with Crippen molar-refractivity contribution in [3.05, 3.63) is 35.9 Å². The highest BCUT2D eigenvalue weighted by Gasteiger charge is 2.21. The molecule has 0 aliphatic heterocycles. The molecule has 0 amide bonds. The minimum atomic E-state index is -4.37. The number of hydrogen-bond acceptors (Lipinski definition) is 4. The number of ketones is 1. The Kier molecular flexibility index (Phi) is 4.02. The first-order valence-electron chi connectivity index (χ1n) is 6.50. The lowest BCUT2D eigenvalue weighted by atomic mass is 10.0. The zero-order valence-electron chi connectivity index (χ0n) is 12.1. The third-order valence-electron chi connectivity index (χ3n) is 3.33. The van der Waals surface area contributed by atoms with Gasteiger partial charge in [0.15, 0.2) is 5.78 Å². The molecule has 0 radical (unpaired) electrons. The van der Waals surface area contributed by atoms with Crippen LogP contribution in [0.1, 0.15) is 23.7 Å². The van der Waals surface area contributed by atoms with Gasteiger partial charge in [-0.1, -0.05) is 25.1 Å². The molecule has 6 heteroatoms. The Bertz CT molecular complexity index is 810. The maximum Gasteiger partial charge on any atom is 0.297 e. The van der Waals surface area contributed by atoms with Crippen LogP contribution in [0.2, 0.25) is 0 Å². The van der Waals surface area contributed by atoms with Gasteiger partial charge < -0.3 is 4.90 Å². The molecule has 0 spiro atoms. The maximum absolute atomic E-state index is 11.7. The number of hydrogen-bond donors (Lipinski definition) is 1. The van der Waals surface area contributed by atoms with Crippen LogP contribution in [-0.2, 0) is 10.1 Å². The minimum Gasteiger partial charge on any atom is -0.377 e. The summed E-state index contributed by atoms with van der Waals surface area (Å²) in [6, 6.07) is 8.16. The van der Waals surface area contributed by atoms with Gasteiger partial charge in [0.05, 0.1) is 5.69 Å². The Labute approximate surface area is 123 Å². The van der Waals surface area contributed by atoms with E-state index in [4.69, 9.17) is 0 Å². The molecule has 21 heavy (non-hydrogen) atoms. The molecule has 1 N–H and O–H groups in total. The van der Waals surface area contributed by atoms with Crippen LogP contribution in [-0.4, -0.2) is 32.8 Å². The molecule has 0 unspecified atom stereocenters. The lowest BCUT2D eigenvalue weighted by molar-refractivity contribution is 0.0988. The standard InChI is InChI=1S/C15H17NO4S/c1-4-14(17)11-5-7-12-10(9-11)6-8-13(16(2)3)15(12)21(18,19)20/h5-9H,4H2,1-3H3,(H,18,19,20). The topological polar surface area (TPSA) is 74.7 Å². The van der Waals surface area contributed by atoms with Crippen molar-refractivity contribution < 1.29 is 17.8 Å². The van der Waals surface area contributed by atoms with E-state index in [9.17, 15) is 17.8 Å². The fourth-order valence-corrected chi connectivity index (χ4v) is 3.27. The maximum atomic E-state index is 11.7. The summed E-state index contributed by atoms with van der Waals surface area (Å²) in [7, 11) is -0.972. The van der Waals surface area contributed by atoms with Crippen molar-refractivity contribution in [2.24, 2.45) is 0 Å². The Morgan fingerprint density at radius 1 is 1.19 bits per heavy atom. The first-order chi connectivity index (χ1) is 9.75. The SMILES string of the molecule is CCC(=O)c1ccc2c(S(=O)(=O)O)c(N(C)C)ccc2c1. The second-order valence-electron chi connectivity index (χ2n) is 5.00. The Morgan fingerprint density at radius 3 is 2.38 bits per heavy atom. The lowest BCUT2D eigenvalue weighted by Crippen LogP contribution is -2.14. The number of benzene rings is 2. The molecule has 2 rings (SSSR count). The Balaban J connectivity index is 2.82. The van der Waals surface area contributed by atoms with Gasteiger partial charge in [0.1, 0.15) is 4.90 Å². The van der Waals surface area contributed by atoms with Gasteiger partial charge in [-0.3, -0.25) is 9.35 Å². The minimum absolute atomic E-state index is 0.0120. The molecular weight excluding hydrogens is 290 g/mol. The van der Waals surface area contributed by atoms with Crippen LogP contribution in [0.4, 0.5) is 5.69 Å². The summed E-state index contributed by atoms with van der Waals surface area (Å²) in [5.74, 6) is -0.0120. The van der Waals surface area contributed by atoms with Crippen LogP contribution in [0.15, 0.2) is 35.2 Å². The average molecular weight is 307 g/mol. The Hall–Kier alpha value is -1.92.